The van der Waals surface area contributed by atoms with Crippen LogP contribution in [0.3, 0.4) is 0 Å². The van der Waals surface area contributed by atoms with E-state index in [-0.39, 0.29) is 38.4 Å². The maximum atomic E-state index is 12.9. The van der Waals surface area contributed by atoms with Crippen molar-refractivity contribution in [1.82, 2.24) is 19.9 Å². The third-order valence-corrected chi connectivity index (χ3v) is 4.75. The molecule has 2 aromatic carbocycles. The molecule has 0 atom stereocenters. The van der Waals surface area contributed by atoms with Gasteiger partial charge in [-0.25, -0.2) is 9.97 Å². The number of aromatic nitrogens is 4. The van der Waals surface area contributed by atoms with E-state index in [1.54, 1.807) is 0 Å². The number of halogens is 6. The fraction of sp³-hybridized carbons (Fsp3) is 0.100. The Kier molecular flexibility index (Phi) is 5.12. The molecule has 5 nitrogen and oxygen atoms in total. The zero-order valence-corrected chi connectivity index (χ0v) is 16.4. The first kappa shape index (κ1) is 21.7. The Labute approximate surface area is 179 Å². The lowest BCUT2D eigenvalue weighted by Crippen LogP contribution is -2.12. The largest absolute Gasteiger partial charge is 0.416 e. The van der Waals surface area contributed by atoms with Crippen molar-refractivity contribution in [2.45, 2.75) is 12.4 Å². The zero-order valence-electron chi connectivity index (χ0n) is 15.6. The minimum Gasteiger partial charge on any atom is -0.315 e. The molecule has 0 bridgehead atoms. The summed E-state index contributed by atoms with van der Waals surface area (Å²) in [5, 5.41) is 0. The molecule has 0 spiro atoms. The van der Waals surface area contributed by atoms with Gasteiger partial charge in [-0.3, -0.25) is 9.78 Å². The SMILES string of the molecule is O=c1[nH]c(=S)[nH]c2nc(-c3ccc(C(F)(F)F)cc3)c(-c3ccc(C(F)(F)F)cc3)nc12. The number of alkyl halides is 6. The lowest BCUT2D eigenvalue weighted by molar-refractivity contribution is -0.138. The van der Waals surface area contributed by atoms with Gasteiger partial charge in [0.2, 0.25) is 0 Å². The van der Waals surface area contributed by atoms with Gasteiger partial charge in [0, 0.05) is 11.1 Å². The predicted molar refractivity (Wildman–Crippen MR) is 106 cm³/mol. The number of hydrogen-bond donors (Lipinski definition) is 2. The fourth-order valence-corrected chi connectivity index (χ4v) is 3.21. The molecule has 0 unspecified atom stereocenters. The normalized spacial score (nSPS) is 12.3. The lowest BCUT2D eigenvalue weighted by atomic mass is 10.0. The molecule has 4 rings (SSSR count). The number of H-pyrrole nitrogens is 2. The van der Waals surface area contributed by atoms with Crippen LogP contribution in [0.25, 0.3) is 33.7 Å². The molecule has 0 aliphatic carbocycles. The first-order valence-corrected chi connectivity index (χ1v) is 9.24. The van der Waals surface area contributed by atoms with E-state index in [0.717, 1.165) is 48.5 Å². The van der Waals surface area contributed by atoms with E-state index in [2.05, 4.69) is 19.9 Å². The average Bonchev–Trinajstić information content (AvgIpc) is 2.72. The highest BCUT2D eigenvalue weighted by Crippen LogP contribution is 2.35. The van der Waals surface area contributed by atoms with Gasteiger partial charge in [-0.1, -0.05) is 24.3 Å². The minimum absolute atomic E-state index is 0.0157. The Morgan fingerprint density at radius 1 is 0.688 bits per heavy atom. The summed E-state index contributed by atoms with van der Waals surface area (Å²) < 4.78 is 77.5. The van der Waals surface area contributed by atoms with Crippen molar-refractivity contribution in [2.75, 3.05) is 0 Å². The van der Waals surface area contributed by atoms with Gasteiger partial charge in [0.1, 0.15) is 0 Å². The summed E-state index contributed by atoms with van der Waals surface area (Å²) in [4.78, 5) is 25.8. The monoisotopic (exact) mass is 468 g/mol. The van der Waals surface area contributed by atoms with Gasteiger partial charge >= 0.3 is 12.4 Å². The van der Waals surface area contributed by atoms with Crippen molar-refractivity contribution in [3.05, 3.63) is 74.8 Å². The van der Waals surface area contributed by atoms with E-state index in [4.69, 9.17) is 12.2 Å². The van der Waals surface area contributed by atoms with Crippen LogP contribution in [0.4, 0.5) is 26.3 Å². The van der Waals surface area contributed by atoms with Gasteiger partial charge in [0.15, 0.2) is 15.9 Å². The average molecular weight is 468 g/mol. The quantitative estimate of drug-likeness (QED) is 0.290. The molecule has 0 fully saturated rings. The number of nitrogens with zero attached hydrogens (tertiary/aromatic N) is 2. The summed E-state index contributed by atoms with van der Waals surface area (Å²) in [5.41, 5.74) is -2.18. The van der Waals surface area contributed by atoms with Gasteiger partial charge in [-0.2, -0.15) is 26.3 Å². The molecule has 0 aliphatic rings. The molecule has 4 aromatic rings. The van der Waals surface area contributed by atoms with Gasteiger partial charge in [-0.05, 0) is 36.5 Å². The van der Waals surface area contributed by atoms with E-state index in [9.17, 15) is 31.1 Å². The zero-order chi connectivity index (χ0) is 23.3. The predicted octanol–water partition coefficient (Wildman–Crippen LogP) is 5.75. The smallest absolute Gasteiger partial charge is 0.315 e. The van der Waals surface area contributed by atoms with Crippen LogP contribution in [0, 0.1) is 4.77 Å². The first-order chi connectivity index (χ1) is 14.9. The highest BCUT2D eigenvalue weighted by Gasteiger charge is 2.31. The number of nitrogens with one attached hydrogen (secondary N) is 2. The standard InChI is InChI=1S/C20H10F6N4OS/c21-19(22,23)11-5-1-9(2-6-11)13-14(10-3-7-12(8-4-10)20(24,25)26)28-16-15(27-13)17(31)30-18(32)29-16/h1-8H,(H2,28,29,30,31,32). The van der Waals surface area contributed by atoms with Crippen LogP contribution in [0.2, 0.25) is 0 Å². The number of rotatable bonds is 2. The molecule has 2 heterocycles. The van der Waals surface area contributed by atoms with Crippen LogP contribution < -0.4 is 5.56 Å². The van der Waals surface area contributed by atoms with E-state index in [1.807, 2.05) is 0 Å². The molecule has 32 heavy (non-hydrogen) atoms. The van der Waals surface area contributed by atoms with Gasteiger partial charge in [0.25, 0.3) is 5.56 Å². The van der Waals surface area contributed by atoms with Crippen molar-refractivity contribution in [1.29, 1.82) is 0 Å². The van der Waals surface area contributed by atoms with Crippen molar-refractivity contribution < 1.29 is 26.3 Å². The van der Waals surface area contributed by atoms with Gasteiger partial charge in [-0.15, -0.1) is 0 Å². The van der Waals surface area contributed by atoms with Crippen LogP contribution in [0.1, 0.15) is 11.1 Å². The molecule has 0 radical (unpaired) electrons. The Balaban J connectivity index is 1.96. The van der Waals surface area contributed by atoms with Crippen molar-refractivity contribution >= 4 is 23.4 Å². The summed E-state index contributed by atoms with van der Waals surface area (Å²) in [6.07, 6.45) is -9.11. The maximum absolute atomic E-state index is 12.9. The summed E-state index contributed by atoms with van der Waals surface area (Å²) >= 11 is 4.91. The molecule has 0 amide bonds. The fourth-order valence-electron chi connectivity index (χ4n) is 3.02. The molecular formula is C20H10F6N4OS. The van der Waals surface area contributed by atoms with Gasteiger partial charge < -0.3 is 4.98 Å². The second kappa shape index (κ2) is 7.55. The summed E-state index contributed by atoms with van der Waals surface area (Å²) in [5.74, 6) is 0. The first-order valence-electron chi connectivity index (χ1n) is 8.83. The van der Waals surface area contributed by atoms with Crippen LogP contribution in [0.15, 0.2) is 53.3 Å². The topological polar surface area (TPSA) is 74.4 Å². The summed E-state index contributed by atoms with van der Waals surface area (Å²) in [7, 11) is 0. The Morgan fingerprint density at radius 2 is 1.12 bits per heavy atom. The van der Waals surface area contributed by atoms with Crippen molar-refractivity contribution in [3.63, 3.8) is 0 Å². The Morgan fingerprint density at radius 3 is 1.56 bits per heavy atom. The highest BCUT2D eigenvalue weighted by atomic mass is 32.1. The minimum atomic E-state index is -4.56. The van der Waals surface area contributed by atoms with Crippen molar-refractivity contribution in [2.24, 2.45) is 0 Å². The second-order valence-electron chi connectivity index (χ2n) is 6.68. The lowest BCUT2D eigenvalue weighted by Gasteiger charge is -2.12. The van der Waals surface area contributed by atoms with Crippen LogP contribution in [-0.4, -0.2) is 19.9 Å². The molecule has 0 saturated carbocycles. The molecular weight excluding hydrogens is 458 g/mol. The number of aromatic amines is 2. The maximum Gasteiger partial charge on any atom is 0.416 e. The highest BCUT2D eigenvalue weighted by molar-refractivity contribution is 7.71. The van der Waals surface area contributed by atoms with Crippen LogP contribution >= 0.6 is 12.2 Å². The second-order valence-corrected chi connectivity index (χ2v) is 7.08. The van der Waals surface area contributed by atoms with E-state index < -0.39 is 29.0 Å². The van der Waals surface area contributed by atoms with Gasteiger partial charge in [0.05, 0.1) is 22.5 Å². The number of benzene rings is 2. The van der Waals surface area contributed by atoms with E-state index in [0.29, 0.717) is 0 Å². The van der Waals surface area contributed by atoms with Crippen LogP contribution in [-0.2, 0) is 12.4 Å². The van der Waals surface area contributed by atoms with E-state index in [1.165, 1.54) is 0 Å². The molecule has 2 aromatic heterocycles. The molecule has 164 valence electrons. The molecule has 0 saturated heterocycles. The molecule has 2 N–H and O–H groups in total. The van der Waals surface area contributed by atoms with Crippen LogP contribution in [0.5, 0.6) is 0 Å². The Hall–Kier alpha value is -3.54. The molecule has 0 aliphatic heterocycles. The number of fused-ring (bicyclic) bond motifs is 1. The third kappa shape index (κ3) is 4.13. The Bertz CT molecular complexity index is 1420. The molecule has 12 heteroatoms. The summed E-state index contributed by atoms with van der Waals surface area (Å²) in [6.45, 7) is 0. The van der Waals surface area contributed by atoms with E-state index >= 15 is 0 Å². The van der Waals surface area contributed by atoms with Crippen molar-refractivity contribution in [3.8, 4) is 22.5 Å². The number of hydrogen-bond acceptors (Lipinski definition) is 4. The third-order valence-electron chi connectivity index (χ3n) is 4.54. The summed E-state index contributed by atoms with van der Waals surface area (Å²) in [6, 6.07) is 7.97.